The Kier molecular flexibility index (Phi) is 4.22. The fourth-order valence-electron chi connectivity index (χ4n) is 3.67. The Morgan fingerprint density at radius 2 is 2.14 bits per heavy atom. The highest BCUT2D eigenvalue weighted by Crippen LogP contribution is 2.49. The highest BCUT2D eigenvalue weighted by molar-refractivity contribution is 5.83. The van der Waals surface area contributed by atoms with Gasteiger partial charge in [0.2, 0.25) is 5.91 Å². The minimum absolute atomic E-state index is 0.000770. The van der Waals surface area contributed by atoms with E-state index < -0.39 is 5.60 Å². The maximum atomic E-state index is 13.3. The number of nitrogens with zero attached hydrogens (tertiary/aromatic N) is 1. The number of carbonyl (C=O) groups is 1. The van der Waals surface area contributed by atoms with Crippen LogP contribution in [0.25, 0.3) is 0 Å². The van der Waals surface area contributed by atoms with Crippen LogP contribution in [0.15, 0.2) is 24.3 Å². The molecule has 4 heteroatoms. The molecule has 1 aliphatic carbocycles. The van der Waals surface area contributed by atoms with Crippen molar-refractivity contribution in [1.82, 2.24) is 4.90 Å². The number of benzene rings is 1. The summed E-state index contributed by atoms with van der Waals surface area (Å²) < 4.78 is 13.3. The summed E-state index contributed by atoms with van der Waals surface area (Å²) in [6, 6.07) is 6.57. The molecule has 1 amide bonds. The van der Waals surface area contributed by atoms with Crippen LogP contribution in [-0.2, 0) is 4.79 Å². The van der Waals surface area contributed by atoms with Gasteiger partial charge in [-0.3, -0.25) is 4.79 Å². The lowest BCUT2D eigenvalue weighted by Gasteiger charge is -2.38. The van der Waals surface area contributed by atoms with Gasteiger partial charge in [-0.15, -0.1) is 0 Å². The summed E-state index contributed by atoms with van der Waals surface area (Å²) in [7, 11) is 0. The summed E-state index contributed by atoms with van der Waals surface area (Å²) in [5.74, 6) is 0.102. The molecule has 1 saturated heterocycles. The molecule has 2 aliphatic rings. The lowest BCUT2D eigenvalue weighted by atomic mass is 9.87. The first-order chi connectivity index (χ1) is 10.5. The van der Waals surface area contributed by atoms with Crippen molar-refractivity contribution < 1.29 is 14.3 Å². The van der Waals surface area contributed by atoms with Gasteiger partial charge in [-0.05, 0) is 49.3 Å². The number of piperidine rings is 1. The van der Waals surface area contributed by atoms with Crippen LogP contribution in [0.2, 0.25) is 0 Å². The molecule has 0 bridgehead atoms. The summed E-state index contributed by atoms with van der Waals surface area (Å²) in [6.45, 7) is 3.35. The summed E-state index contributed by atoms with van der Waals surface area (Å²) in [5.41, 5.74) is 0.342. The lowest BCUT2D eigenvalue weighted by Crippen LogP contribution is -2.47. The zero-order valence-corrected chi connectivity index (χ0v) is 13.1. The second-order valence-corrected chi connectivity index (χ2v) is 6.80. The summed E-state index contributed by atoms with van der Waals surface area (Å²) in [4.78, 5) is 14.4. The second-order valence-electron chi connectivity index (χ2n) is 6.80. The predicted molar refractivity (Wildman–Crippen MR) is 82.9 cm³/mol. The predicted octanol–water partition coefficient (Wildman–Crippen LogP) is 3.08. The van der Waals surface area contributed by atoms with Crippen molar-refractivity contribution in [1.29, 1.82) is 0 Å². The number of hydrogen-bond acceptors (Lipinski definition) is 2. The van der Waals surface area contributed by atoms with E-state index in [9.17, 15) is 14.3 Å². The standard InChI is InChI=1S/C18H24FNO2/c1-2-6-18(22)7-9-20(10-8-18)17(21)16-12-15(16)13-4-3-5-14(19)11-13/h3-5,11,15-16,22H,2,6-10,12H2,1H3/t15-,16+/m1/s1. The first kappa shape index (κ1) is 15.5. The van der Waals surface area contributed by atoms with Crippen molar-refractivity contribution in [3.8, 4) is 0 Å². The highest BCUT2D eigenvalue weighted by Gasteiger charge is 2.47. The summed E-state index contributed by atoms with van der Waals surface area (Å²) in [5, 5.41) is 10.4. The second kappa shape index (κ2) is 5.99. The smallest absolute Gasteiger partial charge is 0.226 e. The summed E-state index contributed by atoms with van der Waals surface area (Å²) >= 11 is 0. The molecule has 3 nitrogen and oxygen atoms in total. The Hall–Kier alpha value is -1.42. The molecule has 1 saturated carbocycles. The van der Waals surface area contributed by atoms with Crippen molar-refractivity contribution in [3.63, 3.8) is 0 Å². The zero-order chi connectivity index (χ0) is 15.7. The van der Waals surface area contributed by atoms with E-state index in [0.717, 1.165) is 24.8 Å². The van der Waals surface area contributed by atoms with Crippen LogP contribution in [0.5, 0.6) is 0 Å². The molecule has 1 aromatic carbocycles. The molecule has 2 fully saturated rings. The third kappa shape index (κ3) is 3.17. The van der Waals surface area contributed by atoms with E-state index in [-0.39, 0.29) is 23.6 Å². The van der Waals surface area contributed by atoms with E-state index in [1.807, 2.05) is 11.0 Å². The third-order valence-electron chi connectivity index (χ3n) is 5.11. The van der Waals surface area contributed by atoms with E-state index in [1.54, 1.807) is 6.07 Å². The van der Waals surface area contributed by atoms with Crippen LogP contribution >= 0.6 is 0 Å². The fraction of sp³-hybridized carbons (Fsp3) is 0.611. The van der Waals surface area contributed by atoms with Crippen LogP contribution in [0.3, 0.4) is 0 Å². The SMILES string of the molecule is CCCC1(O)CCN(C(=O)[C@H]2C[C@@H]2c2cccc(F)c2)CC1. The fourth-order valence-corrected chi connectivity index (χ4v) is 3.67. The van der Waals surface area contributed by atoms with Gasteiger partial charge in [-0.2, -0.15) is 0 Å². The third-order valence-corrected chi connectivity index (χ3v) is 5.11. The first-order valence-electron chi connectivity index (χ1n) is 8.29. The summed E-state index contributed by atoms with van der Waals surface area (Å²) in [6.07, 6.45) is 3.94. The normalized spacial score (nSPS) is 26.8. The first-order valence-corrected chi connectivity index (χ1v) is 8.29. The number of amides is 1. The molecular formula is C18H24FNO2. The molecule has 2 atom stereocenters. The molecule has 0 unspecified atom stereocenters. The minimum atomic E-state index is -0.586. The van der Waals surface area contributed by atoms with Gasteiger partial charge in [-0.1, -0.05) is 25.5 Å². The minimum Gasteiger partial charge on any atom is -0.390 e. The van der Waals surface area contributed by atoms with E-state index in [2.05, 4.69) is 6.92 Å². The molecule has 0 aromatic heterocycles. The average Bonchev–Trinajstić information content (AvgIpc) is 3.28. The van der Waals surface area contributed by atoms with Crippen LogP contribution < -0.4 is 0 Å². The molecule has 1 aromatic rings. The lowest BCUT2D eigenvalue weighted by molar-refractivity contribution is -0.137. The molecule has 22 heavy (non-hydrogen) atoms. The van der Waals surface area contributed by atoms with Crippen LogP contribution in [0.4, 0.5) is 4.39 Å². The zero-order valence-electron chi connectivity index (χ0n) is 13.1. The average molecular weight is 305 g/mol. The van der Waals surface area contributed by atoms with E-state index >= 15 is 0 Å². The van der Waals surface area contributed by atoms with Gasteiger partial charge in [0, 0.05) is 19.0 Å². The Labute approximate surface area is 131 Å². The Balaban J connectivity index is 1.56. The number of halogens is 1. The molecule has 120 valence electrons. The number of rotatable bonds is 4. The quantitative estimate of drug-likeness (QED) is 0.928. The Morgan fingerprint density at radius 1 is 1.41 bits per heavy atom. The van der Waals surface area contributed by atoms with Crippen molar-refractivity contribution >= 4 is 5.91 Å². The maximum Gasteiger partial charge on any atom is 0.226 e. The monoisotopic (exact) mass is 305 g/mol. The van der Waals surface area contributed by atoms with Gasteiger partial charge >= 0.3 is 0 Å². The molecule has 0 radical (unpaired) electrons. The number of hydrogen-bond donors (Lipinski definition) is 1. The Morgan fingerprint density at radius 3 is 2.77 bits per heavy atom. The van der Waals surface area contributed by atoms with Crippen molar-refractivity contribution in [2.45, 2.75) is 50.5 Å². The van der Waals surface area contributed by atoms with Crippen LogP contribution in [0, 0.1) is 11.7 Å². The Bertz CT molecular complexity index is 552. The molecule has 1 N–H and O–H groups in total. The highest BCUT2D eigenvalue weighted by atomic mass is 19.1. The van der Waals surface area contributed by atoms with E-state index in [1.165, 1.54) is 12.1 Å². The van der Waals surface area contributed by atoms with Gasteiger partial charge in [0.05, 0.1) is 5.60 Å². The van der Waals surface area contributed by atoms with Gasteiger partial charge in [0.15, 0.2) is 0 Å². The van der Waals surface area contributed by atoms with Crippen molar-refractivity contribution in [3.05, 3.63) is 35.6 Å². The van der Waals surface area contributed by atoms with E-state index in [4.69, 9.17) is 0 Å². The van der Waals surface area contributed by atoms with E-state index in [0.29, 0.717) is 25.9 Å². The number of aliphatic hydroxyl groups is 1. The molecule has 0 spiro atoms. The van der Waals surface area contributed by atoms with Crippen LogP contribution in [-0.4, -0.2) is 34.6 Å². The largest absolute Gasteiger partial charge is 0.390 e. The van der Waals surface area contributed by atoms with Crippen molar-refractivity contribution in [2.24, 2.45) is 5.92 Å². The molecule has 1 aliphatic heterocycles. The topological polar surface area (TPSA) is 40.5 Å². The van der Waals surface area contributed by atoms with Crippen LogP contribution in [0.1, 0.15) is 50.5 Å². The van der Waals surface area contributed by atoms with Gasteiger partial charge < -0.3 is 10.0 Å². The molecule has 1 heterocycles. The molecule has 3 rings (SSSR count). The number of carbonyl (C=O) groups excluding carboxylic acids is 1. The van der Waals surface area contributed by atoms with Gasteiger partial charge in [0.1, 0.15) is 5.82 Å². The van der Waals surface area contributed by atoms with Crippen molar-refractivity contribution in [2.75, 3.05) is 13.1 Å². The van der Waals surface area contributed by atoms with Gasteiger partial charge in [-0.25, -0.2) is 4.39 Å². The number of likely N-dealkylation sites (tertiary alicyclic amines) is 1. The molecular weight excluding hydrogens is 281 g/mol. The van der Waals surface area contributed by atoms with Gasteiger partial charge in [0.25, 0.3) is 0 Å². The maximum absolute atomic E-state index is 13.3.